The highest BCUT2D eigenvalue weighted by molar-refractivity contribution is 6.01. The third-order valence-corrected chi connectivity index (χ3v) is 2.59. The van der Waals surface area contributed by atoms with Crippen LogP contribution in [-0.2, 0) is 13.6 Å². The van der Waals surface area contributed by atoms with E-state index >= 15 is 0 Å². The van der Waals surface area contributed by atoms with Crippen LogP contribution >= 0.6 is 0 Å². The molecule has 1 aromatic carbocycles. The lowest BCUT2D eigenvalue weighted by molar-refractivity contribution is 0.101. The Labute approximate surface area is 106 Å². The molecule has 0 bridgehead atoms. The van der Waals surface area contributed by atoms with Gasteiger partial charge in [-0.2, -0.15) is 0 Å². The van der Waals surface area contributed by atoms with Crippen molar-refractivity contribution in [2.45, 2.75) is 6.54 Å². The number of aromatic nitrogens is 2. The Kier molecular flexibility index (Phi) is 3.74. The molecule has 1 aromatic heterocycles. The summed E-state index contributed by atoms with van der Waals surface area (Å²) in [7, 11) is 3.68. The van der Waals surface area contributed by atoms with E-state index in [-0.39, 0.29) is 5.91 Å². The summed E-state index contributed by atoms with van der Waals surface area (Å²) in [5, 5.41) is 5.91. The molecule has 0 unspecified atom stereocenters. The number of aryl methyl sites for hydroxylation is 1. The molecule has 1 amide bonds. The maximum Gasteiger partial charge on any atom is 0.291 e. The Morgan fingerprint density at radius 1 is 1.44 bits per heavy atom. The fraction of sp³-hybridized carbons (Fsp3) is 0.231. The molecule has 18 heavy (non-hydrogen) atoms. The van der Waals surface area contributed by atoms with Gasteiger partial charge in [0.1, 0.15) is 0 Å². The first-order chi connectivity index (χ1) is 8.70. The molecule has 0 radical (unpaired) electrons. The molecular weight excluding hydrogens is 228 g/mol. The van der Waals surface area contributed by atoms with Crippen molar-refractivity contribution >= 4 is 11.6 Å². The lowest BCUT2D eigenvalue weighted by Crippen LogP contribution is -2.17. The maximum absolute atomic E-state index is 12.0. The number of imidazole rings is 1. The quantitative estimate of drug-likeness (QED) is 0.854. The van der Waals surface area contributed by atoms with Gasteiger partial charge in [-0.25, -0.2) is 4.98 Å². The van der Waals surface area contributed by atoms with Gasteiger partial charge in [0.2, 0.25) is 0 Å². The molecule has 0 atom stereocenters. The van der Waals surface area contributed by atoms with Gasteiger partial charge in [-0.3, -0.25) is 4.79 Å². The number of carbonyl (C=O) groups excluding carboxylic acids is 1. The number of benzene rings is 1. The van der Waals surface area contributed by atoms with Crippen molar-refractivity contribution in [3.63, 3.8) is 0 Å². The standard InChI is InChI=1S/C13H16N4O/c1-14-9-10-4-3-5-11(8-10)16-13(18)12-15-6-7-17(12)2/h3-8,14H,9H2,1-2H3,(H,16,18). The molecule has 0 spiro atoms. The Morgan fingerprint density at radius 3 is 2.94 bits per heavy atom. The van der Waals surface area contributed by atoms with Crippen LogP contribution in [-0.4, -0.2) is 22.5 Å². The number of anilines is 1. The van der Waals surface area contributed by atoms with Crippen LogP contribution in [0.4, 0.5) is 5.69 Å². The summed E-state index contributed by atoms with van der Waals surface area (Å²) in [5.74, 6) is 0.193. The minimum atomic E-state index is -0.205. The fourth-order valence-electron chi connectivity index (χ4n) is 1.73. The second-order valence-corrected chi connectivity index (χ2v) is 4.05. The van der Waals surface area contributed by atoms with Crippen LogP contribution < -0.4 is 10.6 Å². The van der Waals surface area contributed by atoms with E-state index in [0.29, 0.717) is 5.82 Å². The summed E-state index contributed by atoms with van der Waals surface area (Å²) >= 11 is 0. The van der Waals surface area contributed by atoms with E-state index < -0.39 is 0 Å². The van der Waals surface area contributed by atoms with Crippen molar-refractivity contribution < 1.29 is 4.79 Å². The van der Waals surface area contributed by atoms with Crippen molar-refractivity contribution in [1.29, 1.82) is 0 Å². The minimum absolute atomic E-state index is 0.205. The van der Waals surface area contributed by atoms with Crippen molar-refractivity contribution in [3.8, 4) is 0 Å². The molecule has 2 aromatic rings. The third-order valence-electron chi connectivity index (χ3n) is 2.59. The van der Waals surface area contributed by atoms with Crippen LogP contribution in [0.15, 0.2) is 36.7 Å². The first-order valence-electron chi connectivity index (χ1n) is 5.73. The molecule has 5 nitrogen and oxygen atoms in total. The first kappa shape index (κ1) is 12.3. The first-order valence-corrected chi connectivity index (χ1v) is 5.73. The molecule has 0 fully saturated rings. The van der Waals surface area contributed by atoms with Crippen molar-refractivity contribution in [2.24, 2.45) is 7.05 Å². The van der Waals surface area contributed by atoms with Gasteiger partial charge < -0.3 is 15.2 Å². The Bertz CT molecular complexity index is 547. The van der Waals surface area contributed by atoms with E-state index in [1.807, 2.05) is 31.3 Å². The van der Waals surface area contributed by atoms with Gasteiger partial charge in [0.05, 0.1) is 0 Å². The van der Waals surface area contributed by atoms with Gasteiger partial charge in [0.25, 0.3) is 5.91 Å². The number of rotatable bonds is 4. The Morgan fingerprint density at radius 2 is 2.28 bits per heavy atom. The lowest BCUT2D eigenvalue weighted by Gasteiger charge is -2.07. The average molecular weight is 244 g/mol. The summed E-state index contributed by atoms with van der Waals surface area (Å²) in [6.07, 6.45) is 3.35. The second-order valence-electron chi connectivity index (χ2n) is 4.05. The maximum atomic E-state index is 12.0. The molecule has 2 rings (SSSR count). The van der Waals surface area contributed by atoms with Crippen LogP contribution in [0.25, 0.3) is 0 Å². The van der Waals surface area contributed by atoms with Gasteiger partial charge in [-0.15, -0.1) is 0 Å². The van der Waals surface area contributed by atoms with Gasteiger partial charge in [0.15, 0.2) is 5.82 Å². The zero-order valence-electron chi connectivity index (χ0n) is 10.5. The number of amides is 1. The van der Waals surface area contributed by atoms with E-state index in [4.69, 9.17) is 0 Å². The predicted molar refractivity (Wildman–Crippen MR) is 70.4 cm³/mol. The van der Waals surface area contributed by atoms with Crippen LogP contribution in [0, 0.1) is 0 Å². The molecule has 0 aliphatic rings. The topological polar surface area (TPSA) is 58.9 Å². The van der Waals surface area contributed by atoms with E-state index in [2.05, 4.69) is 15.6 Å². The smallest absolute Gasteiger partial charge is 0.291 e. The monoisotopic (exact) mass is 244 g/mol. The average Bonchev–Trinajstić information content (AvgIpc) is 2.76. The van der Waals surface area contributed by atoms with Crippen molar-refractivity contribution in [3.05, 3.63) is 48.0 Å². The zero-order valence-corrected chi connectivity index (χ0v) is 10.5. The summed E-state index contributed by atoms with van der Waals surface area (Å²) in [6, 6.07) is 7.73. The van der Waals surface area contributed by atoms with Crippen LogP contribution in [0.3, 0.4) is 0 Å². The predicted octanol–water partition coefficient (Wildman–Crippen LogP) is 1.39. The summed E-state index contributed by atoms with van der Waals surface area (Å²) in [4.78, 5) is 16.0. The normalized spacial score (nSPS) is 10.3. The van der Waals surface area contributed by atoms with Crippen molar-refractivity contribution in [2.75, 3.05) is 12.4 Å². The lowest BCUT2D eigenvalue weighted by atomic mass is 10.2. The molecule has 0 saturated heterocycles. The summed E-state index contributed by atoms with van der Waals surface area (Å²) in [6.45, 7) is 0.770. The van der Waals surface area contributed by atoms with Crippen molar-refractivity contribution in [1.82, 2.24) is 14.9 Å². The number of carbonyl (C=O) groups is 1. The number of nitrogens with zero attached hydrogens (tertiary/aromatic N) is 2. The molecule has 1 heterocycles. The van der Waals surface area contributed by atoms with Gasteiger partial charge in [-0.1, -0.05) is 12.1 Å². The highest BCUT2D eigenvalue weighted by Gasteiger charge is 2.10. The number of hydrogen-bond donors (Lipinski definition) is 2. The van der Waals surface area contributed by atoms with Crippen LogP contribution in [0.1, 0.15) is 16.2 Å². The summed E-state index contributed by atoms with van der Waals surface area (Å²) in [5.41, 5.74) is 1.89. The molecule has 5 heteroatoms. The van der Waals surface area contributed by atoms with Gasteiger partial charge in [0, 0.05) is 31.7 Å². The van der Waals surface area contributed by atoms with E-state index in [0.717, 1.165) is 17.8 Å². The molecule has 0 saturated carbocycles. The highest BCUT2D eigenvalue weighted by Crippen LogP contribution is 2.11. The van der Waals surface area contributed by atoms with Crippen LogP contribution in [0.2, 0.25) is 0 Å². The SMILES string of the molecule is CNCc1cccc(NC(=O)c2nccn2C)c1. The molecule has 2 N–H and O–H groups in total. The number of hydrogen-bond acceptors (Lipinski definition) is 3. The molecule has 0 aliphatic heterocycles. The van der Waals surface area contributed by atoms with E-state index in [9.17, 15) is 4.79 Å². The molecule has 0 aliphatic carbocycles. The zero-order chi connectivity index (χ0) is 13.0. The second kappa shape index (κ2) is 5.46. The van der Waals surface area contributed by atoms with Crippen LogP contribution in [0.5, 0.6) is 0 Å². The third kappa shape index (κ3) is 2.75. The highest BCUT2D eigenvalue weighted by atomic mass is 16.2. The van der Waals surface area contributed by atoms with Gasteiger partial charge >= 0.3 is 0 Å². The van der Waals surface area contributed by atoms with E-state index in [1.54, 1.807) is 24.0 Å². The van der Waals surface area contributed by atoms with E-state index in [1.165, 1.54) is 0 Å². The molecule has 94 valence electrons. The molecular formula is C13H16N4O. The fourth-order valence-corrected chi connectivity index (χ4v) is 1.73. The summed E-state index contributed by atoms with van der Waals surface area (Å²) < 4.78 is 1.69. The number of nitrogens with one attached hydrogen (secondary N) is 2. The Hall–Kier alpha value is -2.14. The largest absolute Gasteiger partial charge is 0.330 e. The minimum Gasteiger partial charge on any atom is -0.330 e. The Balaban J connectivity index is 2.12. The van der Waals surface area contributed by atoms with Gasteiger partial charge in [-0.05, 0) is 24.7 Å².